The van der Waals surface area contributed by atoms with Crippen LogP contribution >= 0.6 is 7.60 Å². The molecule has 0 fully saturated rings. The molecule has 0 heterocycles. The Morgan fingerprint density at radius 2 is 1.85 bits per heavy atom. The van der Waals surface area contributed by atoms with Crippen LogP contribution in [0, 0.1) is 0 Å². The molecule has 0 saturated heterocycles. The smallest absolute Gasteiger partial charge is 0.324 e. The summed E-state index contributed by atoms with van der Waals surface area (Å²) in [4.78, 5) is 9.41. The largest absolute Gasteiger partial charge is 0.328 e. The first-order valence-electron chi connectivity index (χ1n) is 5.05. The van der Waals surface area contributed by atoms with E-state index in [1.165, 1.54) is 0 Å². The highest BCUT2D eigenvalue weighted by Gasteiger charge is 2.22. The molecule has 0 aliphatic carbocycles. The molecule has 0 aliphatic rings. The zero-order chi connectivity index (χ0) is 10.3. The molecule has 0 radical (unpaired) electrons. The zero-order valence-corrected chi connectivity index (χ0v) is 9.72. The van der Waals surface area contributed by atoms with Gasteiger partial charge in [-0.3, -0.25) is 4.57 Å². The highest BCUT2D eigenvalue weighted by atomic mass is 31.2. The zero-order valence-electron chi connectivity index (χ0n) is 8.82. The second-order valence-corrected chi connectivity index (χ2v) is 5.19. The van der Waals surface area contributed by atoms with E-state index >= 15 is 0 Å². The molecule has 0 amide bonds. The van der Waals surface area contributed by atoms with Gasteiger partial charge >= 0.3 is 7.60 Å². The molecular formula is C9H21O3P. The Kier molecular flexibility index (Phi) is 6.66. The first kappa shape index (κ1) is 13.2. The van der Waals surface area contributed by atoms with Gasteiger partial charge in [0.15, 0.2) is 0 Å². The van der Waals surface area contributed by atoms with Crippen molar-refractivity contribution in [2.75, 3.05) is 6.16 Å². The first-order chi connectivity index (χ1) is 6.05. The highest BCUT2D eigenvalue weighted by molar-refractivity contribution is 7.52. The minimum absolute atomic E-state index is 0.0623. The number of hydrogen-bond acceptors (Lipinski definition) is 2. The Morgan fingerprint density at radius 1 is 1.31 bits per heavy atom. The molecule has 1 atom stereocenters. The molecule has 1 unspecified atom stereocenters. The molecule has 0 aromatic heterocycles. The van der Waals surface area contributed by atoms with Gasteiger partial charge in [0, 0.05) is 6.16 Å². The van der Waals surface area contributed by atoms with E-state index in [1.54, 1.807) is 0 Å². The van der Waals surface area contributed by atoms with Crippen LogP contribution < -0.4 is 0 Å². The summed E-state index contributed by atoms with van der Waals surface area (Å²) in [6.07, 6.45) is 3.51. The van der Waals surface area contributed by atoms with Crippen LogP contribution in [0.1, 0.15) is 46.5 Å². The molecular weight excluding hydrogens is 187 g/mol. The van der Waals surface area contributed by atoms with Gasteiger partial charge in [-0.05, 0) is 19.3 Å². The van der Waals surface area contributed by atoms with Crippen LogP contribution in [0.4, 0.5) is 0 Å². The summed E-state index contributed by atoms with van der Waals surface area (Å²) in [5, 5.41) is 0. The first-order valence-corrected chi connectivity index (χ1v) is 6.82. The molecule has 0 aromatic rings. The second kappa shape index (κ2) is 6.58. The molecule has 4 heteroatoms. The SMILES string of the molecule is CCCCP(=O)(O)OC(CC)CC. The lowest BCUT2D eigenvalue weighted by molar-refractivity contribution is 0.165. The molecule has 0 bridgehead atoms. The minimum Gasteiger partial charge on any atom is -0.324 e. The molecule has 0 saturated carbocycles. The number of rotatable bonds is 7. The third kappa shape index (κ3) is 6.25. The Labute approximate surface area is 81.0 Å². The lowest BCUT2D eigenvalue weighted by Gasteiger charge is -2.18. The van der Waals surface area contributed by atoms with Crippen molar-refractivity contribution in [1.82, 2.24) is 0 Å². The topological polar surface area (TPSA) is 46.5 Å². The maximum atomic E-state index is 11.4. The Hall–Kier alpha value is 0.150. The van der Waals surface area contributed by atoms with Gasteiger partial charge < -0.3 is 9.42 Å². The molecule has 0 rings (SSSR count). The summed E-state index contributed by atoms with van der Waals surface area (Å²) in [5.74, 6) is 0. The van der Waals surface area contributed by atoms with E-state index in [-0.39, 0.29) is 6.10 Å². The monoisotopic (exact) mass is 208 g/mol. The van der Waals surface area contributed by atoms with Gasteiger partial charge in [-0.1, -0.05) is 27.2 Å². The van der Waals surface area contributed by atoms with Gasteiger partial charge in [-0.15, -0.1) is 0 Å². The van der Waals surface area contributed by atoms with E-state index in [4.69, 9.17) is 4.52 Å². The van der Waals surface area contributed by atoms with Crippen LogP contribution in [0.3, 0.4) is 0 Å². The molecule has 80 valence electrons. The highest BCUT2D eigenvalue weighted by Crippen LogP contribution is 2.44. The summed E-state index contributed by atoms with van der Waals surface area (Å²) in [5.41, 5.74) is 0. The summed E-state index contributed by atoms with van der Waals surface area (Å²) < 4.78 is 16.6. The van der Waals surface area contributed by atoms with Gasteiger partial charge in [-0.25, -0.2) is 0 Å². The van der Waals surface area contributed by atoms with E-state index in [0.29, 0.717) is 6.16 Å². The van der Waals surface area contributed by atoms with E-state index < -0.39 is 7.60 Å². The van der Waals surface area contributed by atoms with E-state index in [2.05, 4.69) is 0 Å². The lowest BCUT2D eigenvalue weighted by Crippen LogP contribution is -2.09. The van der Waals surface area contributed by atoms with Crippen molar-refractivity contribution in [2.45, 2.75) is 52.6 Å². The summed E-state index contributed by atoms with van der Waals surface area (Å²) in [7, 11) is -3.30. The average Bonchev–Trinajstić information content (AvgIpc) is 2.11. The third-order valence-corrected chi connectivity index (χ3v) is 3.53. The number of hydrogen-bond donors (Lipinski definition) is 1. The number of unbranched alkanes of at least 4 members (excludes halogenated alkanes) is 1. The van der Waals surface area contributed by atoms with Crippen molar-refractivity contribution in [3.63, 3.8) is 0 Å². The Balaban J connectivity index is 3.91. The van der Waals surface area contributed by atoms with E-state index in [9.17, 15) is 9.46 Å². The summed E-state index contributed by atoms with van der Waals surface area (Å²) in [6.45, 7) is 5.93. The second-order valence-electron chi connectivity index (χ2n) is 3.26. The van der Waals surface area contributed by atoms with Crippen molar-refractivity contribution < 1.29 is 14.0 Å². The predicted molar refractivity (Wildman–Crippen MR) is 55.1 cm³/mol. The standard InChI is InChI=1S/C9H21O3P/c1-4-7-8-13(10,11)12-9(5-2)6-3/h9H,4-8H2,1-3H3,(H,10,11). The van der Waals surface area contributed by atoms with Crippen LogP contribution in [0.5, 0.6) is 0 Å². The molecule has 0 aliphatic heterocycles. The maximum Gasteiger partial charge on any atom is 0.328 e. The van der Waals surface area contributed by atoms with Crippen LogP contribution in [0.15, 0.2) is 0 Å². The molecule has 13 heavy (non-hydrogen) atoms. The van der Waals surface area contributed by atoms with Crippen molar-refractivity contribution in [2.24, 2.45) is 0 Å². The molecule has 0 aromatic carbocycles. The fraction of sp³-hybridized carbons (Fsp3) is 1.00. The normalized spacial score (nSPS) is 16.1. The van der Waals surface area contributed by atoms with Gasteiger partial charge in [0.05, 0.1) is 6.10 Å². The van der Waals surface area contributed by atoms with Crippen LogP contribution in [-0.2, 0) is 9.09 Å². The van der Waals surface area contributed by atoms with E-state index in [0.717, 1.165) is 25.7 Å². The van der Waals surface area contributed by atoms with Gasteiger partial charge in [0.2, 0.25) is 0 Å². The fourth-order valence-electron chi connectivity index (χ4n) is 1.08. The van der Waals surface area contributed by atoms with Crippen molar-refractivity contribution in [1.29, 1.82) is 0 Å². The minimum atomic E-state index is -3.30. The quantitative estimate of drug-likeness (QED) is 0.653. The van der Waals surface area contributed by atoms with Crippen LogP contribution in [-0.4, -0.2) is 17.2 Å². The Bertz CT molecular complexity index is 166. The Morgan fingerprint density at radius 3 is 2.23 bits per heavy atom. The van der Waals surface area contributed by atoms with Crippen molar-refractivity contribution >= 4 is 7.60 Å². The molecule has 3 nitrogen and oxygen atoms in total. The molecule has 0 spiro atoms. The van der Waals surface area contributed by atoms with Gasteiger partial charge in [0.1, 0.15) is 0 Å². The molecule has 1 N–H and O–H groups in total. The average molecular weight is 208 g/mol. The van der Waals surface area contributed by atoms with E-state index in [1.807, 2.05) is 20.8 Å². The van der Waals surface area contributed by atoms with Gasteiger partial charge in [0.25, 0.3) is 0 Å². The summed E-state index contributed by atoms with van der Waals surface area (Å²) in [6, 6.07) is 0. The van der Waals surface area contributed by atoms with Crippen LogP contribution in [0.25, 0.3) is 0 Å². The summed E-state index contributed by atoms with van der Waals surface area (Å²) >= 11 is 0. The fourth-order valence-corrected chi connectivity index (χ4v) is 2.67. The van der Waals surface area contributed by atoms with Crippen molar-refractivity contribution in [3.05, 3.63) is 0 Å². The van der Waals surface area contributed by atoms with Crippen LogP contribution in [0.2, 0.25) is 0 Å². The van der Waals surface area contributed by atoms with Gasteiger partial charge in [-0.2, -0.15) is 0 Å². The van der Waals surface area contributed by atoms with Crippen molar-refractivity contribution in [3.8, 4) is 0 Å². The predicted octanol–water partition coefficient (Wildman–Crippen LogP) is 3.18. The lowest BCUT2D eigenvalue weighted by atomic mass is 10.2. The third-order valence-electron chi connectivity index (χ3n) is 2.02. The maximum absolute atomic E-state index is 11.4.